The van der Waals surface area contributed by atoms with Crippen molar-refractivity contribution in [2.75, 3.05) is 0 Å². The smallest absolute Gasteiger partial charge is 0.303 e. The Bertz CT molecular complexity index is 465. The summed E-state index contributed by atoms with van der Waals surface area (Å²) in [5.74, 6) is -0.824. The van der Waals surface area contributed by atoms with Crippen molar-refractivity contribution < 1.29 is 9.90 Å². The van der Waals surface area contributed by atoms with Crippen LogP contribution in [-0.4, -0.2) is 31.1 Å². The summed E-state index contributed by atoms with van der Waals surface area (Å²) in [5.41, 5.74) is 1.43. The molecular weight excluding hydrogens is 184 g/mol. The highest BCUT2D eigenvalue weighted by molar-refractivity contribution is 5.67. The van der Waals surface area contributed by atoms with Crippen molar-refractivity contribution >= 4 is 11.6 Å². The molecule has 0 unspecified atom stereocenters. The maximum absolute atomic E-state index is 10.4. The third kappa shape index (κ3) is 1.54. The molecular formula is C8H8N4O2. The minimum atomic E-state index is -0.824. The van der Waals surface area contributed by atoms with E-state index in [2.05, 4.69) is 15.5 Å². The molecule has 72 valence electrons. The van der Waals surface area contributed by atoms with Gasteiger partial charge in [-0.15, -0.1) is 5.10 Å². The summed E-state index contributed by atoms with van der Waals surface area (Å²) in [5, 5.41) is 19.6. The van der Waals surface area contributed by atoms with Crippen molar-refractivity contribution in [2.24, 2.45) is 0 Å². The van der Waals surface area contributed by atoms with E-state index >= 15 is 0 Å². The molecule has 0 radical (unpaired) electrons. The maximum Gasteiger partial charge on any atom is 0.303 e. The molecule has 2 aromatic rings. The van der Waals surface area contributed by atoms with E-state index < -0.39 is 5.97 Å². The molecule has 2 aromatic heterocycles. The number of nitrogens with zero attached hydrogens (tertiary/aromatic N) is 4. The van der Waals surface area contributed by atoms with E-state index in [-0.39, 0.29) is 6.42 Å². The molecule has 0 spiro atoms. The van der Waals surface area contributed by atoms with Gasteiger partial charge in [0.1, 0.15) is 0 Å². The summed E-state index contributed by atoms with van der Waals surface area (Å²) in [7, 11) is 0. The fourth-order valence-corrected chi connectivity index (χ4v) is 1.24. The first-order valence-electron chi connectivity index (χ1n) is 4.15. The largest absolute Gasteiger partial charge is 0.481 e. The lowest BCUT2D eigenvalue weighted by atomic mass is 10.2. The Kier molecular flexibility index (Phi) is 2.10. The van der Waals surface area contributed by atoms with Crippen LogP contribution in [0, 0.1) is 0 Å². The van der Waals surface area contributed by atoms with Crippen molar-refractivity contribution in [3.05, 3.63) is 23.9 Å². The van der Waals surface area contributed by atoms with Crippen molar-refractivity contribution in [2.45, 2.75) is 12.8 Å². The third-order valence-electron chi connectivity index (χ3n) is 1.89. The predicted octanol–water partition coefficient (Wildman–Crippen LogP) is 0.141. The first kappa shape index (κ1) is 8.61. The zero-order chi connectivity index (χ0) is 9.97. The van der Waals surface area contributed by atoms with Crippen LogP contribution in [0.5, 0.6) is 0 Å². The lowest BCUT2D eigenvalue weighted by molar-refractivity contribution is -0.136. The fraction of sp³-hybridized carbons (Fsp3) is 0.250. The SMILES string of the molecule is O=C(O)CCc1cccc2nnnn12. The Hall–Kier alpha value is -1.98. The van der Waals surface area contributed by atoms with Crippen molar-refractivity contribution in [1.82, 2.24) is 20.0 Å². The third-order valence-corrected chi connectivity index (χ3v) is 1.89. The van der Waals surface area contributed by atoms with Crippen LogP contribution >= 0.6 is 0 Å². The standard InChI is InChI=1S/C8H8N4O2/c13-8(14)5-4-6-2-1-3-7-9-10-11-12(6)7/h1-3H,4-5H2,(H,13,14). The predicted molar refractivity (Wildman–Crippen MR) is 46.7 cm³/mol. The van der Waals surface area contributed by atoms with E-state index in [9.17, 15) is 4.79 Å². The van der Waals surface area contributed by atoms with Crippen LogP contribution in [0.25, 0.3) is 5.65 Å². The molecule has 2 heterocycles. The molecule has 0 fully saturated rings. The number of aryl methyl sites for hydroxylation is 1. The summed E-state index contributed by atoms with van der Waals surface area (Å²) in [6, 6.07) is 5.39. The highest BCUT2D eigenvalue weighted by atomic mass is 16.4. The van der Waals surface area contributed by atoms with E-state index in [4.69, 9.17) is 5.11 Å². The van der Waals surface area contributed by atoms with Crippen LogP contribution in [0.3, 0.4) is 0 Å². The van der Waals surface area contributed by atoms with E-state index in [1.165, 1.54) is 0 Å². The highest BCUT2D eigenvalue weighted by Gasteiger charge is 2.04. The average Bonchev–Trinajstić information content (AvgIpc) is 2.62. The van der Waals surface area contributed by atoms with Gasteiger partial charge in [-0.3, -0.25) is 4.79 Å². The number of hydrogen-bond acceptors (Lipinski definition) is 4. The number of tetrazole rings is 1. The number of carboxylic acid groups (broad SMARTS) is 1. The molecule has 0 aromatic carbocycles. The van der Waals surface area contributed by atoms with Crippen molar-refractivity contribution in [3.8, 4) is 0 Å². The zero-order valence-corrected chi connectivity index (χ0v) is 7.29. The van der Waals surface area contributed by atoms with Gasteiger partial charge in [0.2, 0.25) is 0 Å². The van der Waals surface area contributed by atoms with E-state index in [1.54, 1.807) is 10.6 Å². The van der Waals surface area contributed by atoms with Gasteiger partial charge in [0, 0.05) is 12.1 Å². The molecule has 0 amide bonds. The number of hydrogen-bond donors (Lipinski definition) is 1. The summed E-state index contributed by atoms with van der Waals surface area (Å²) >= 11 is 0. The van der Waals surface area contributed by atoms with Crippen LogP contribution in [0.2, 0.25) is 0 Å². The minimum absolute atomic E-state index is 0.0823. The number of rotatable bonds is 3. The van der Waals surface area contributed by atoms with Gasteiger partial charge in [-0.2, -0.15) is 4.52 Å². The van der Waals surface area contributed by atoms with Gasteiger partial charge in [0.25, 0.3) is 0 Å². The van der Waals surface area contributed by atoms with E-state index in [0.29, 0.717) is 12.1 Å². The average molecular weight is 192 g/mol. The van der Waals surface area contributed by atoms with Gasteiger partial charge in [0.05, 0.1) is 6.42 Å². The first-order chi connectivity index (χ1) is 6.77. The lowest BCUT2D eigenvalue weighted by Gasteiger charge is -1.99. The number of carbonyl (C=O) groups is 1. The molecule has 0 saturated carbocycles. The Morgan fingerprint density at radius 2 is 2.36 bits per heavy atom. The number of fused-ring (bicyclic) bond motifs is 1. The van der Waals surface area contributed by atoms with Crippen molar-refractivity contribution in [1.29, 1.82) is 0 Å². The number of aromatic nitrogens is 4. The van der Waals surface area contributed by atoms with Gasteiger partial charge in [-0.1, -0.05) is 6.07 Å². The summed E-state index contributed by atoms with van der Waals surface area (Å²) in [4.78, 5) is 10.4. The number of pyridine rings is 1. The quantitative estimate of drug-likeness (QED) is 0.748. The molecule has 0 aliphatic rings. The second kappa shape index (κ2) is 3.41. The Morgan fingerprint density at radius 3 is 3.14 bits per heavy atom. The molecule has 0 bridgehead atoms. The summed E-state index contributed by atoms with van der Waals surface area (Å²) in [6.45, 7) is 0. The van der Waals surface area contributed by atoms with E-state index in [0.717, 1.165) is 5.69 Å². The van der Waals surface area contributed by atoms with Crippen LogP contribution in [0.4, 0.5) is 0 Å². The lowest BCUT2D eigenvalue weighted by Crippen LogP contribution is -2.03. The monoisotopic (exact) mass is 192 g/mol. The second-order valence-electron chi connectivity index (χ2n) is 2.86. The highest BCUT2D eigenvalue weighted by Crippen LogP contribution is 2.05. The molecule has 0 saturated heterocycles. The van der Waals surface area contributed by atoms with Gasteiger partial charge >= 0.3 is 5.97 Å². The summed E-state index contributed by atoms with van der Waals surface area (Å²) < 4.78 is 1.54. The summed E-state index contributed by atoms with van der Waals surface area (Å²) in [6.07, 6.45) is 0.511. The molecule has 6 nitrogen and oxygen atoms in total. The molecule has 0 aliphatic carbocycles. The number of aliphatic carboxylic acids is 1. The molecule has 2 rings (SSSR count). The van der Waals surface area contributed by atoms with Crippen LogP contribution in [0.15, 0.2) is 18.2 Å². The van der Waals surface area contributed by atoms with Gasteiger partial charge < -0.3 is 5.11 Å². The molecule has 0 aliphatic heterocycles. The maximum atomic E-state index is 10.4. The topological polar surface area (TPSA) is 80.4 Å². The second-order valence-corrected chi connectivity index (χ2v) is 2.86. The Labute approximate surface area is 79.2 Å². The zero-order valence-electron chi connectivity index (χ0n) is 7.29. The van der Waals surface area contributed by atoms with Gasteiger partial charge in [-0.05, 0) is 22.6 Å². The Balaban J connectivity index is 2.32. The van der Waals surface area contributed by atoms with Crippen LogP contribution in [0.1, 0.15) is 12.1 Å². The van der Waals surface area contributed by atoms with Gasteiger partial charge in [-0.25, -0.2) is 0 Å². The molecule has 6 heteroatoms. The molecule has 0 atom stereocenters. The number of carboxylic acids is 1. The molecule has 1 N–H and O–H groups in total. The Morgan fingerprint density at radius 1 is 1.50 bits per heavy atom. The van der Waals surface area contributed by atoms with Crippen molar-refractivity contribution in [3.63, 3.8) is 0 Å². The van der Waals surface area contributed by atoms with Crippen LogP contribution < -0.4 is 0 Å². The normalized spacial score (nSPS) is 10.6. The van der Waals surface area contributed by atoms with Crippen LogP contribution in [-0.2, 0) is 11.2 Å². The minimum Gasteiger partial charge on any atom is -0.481 e. The fourth-order valence-electron chi connectivity index (χ4n) is 1.24. The van der Waals surface area contributed by atoms with Gasteiger partial charge in [0.15, 0.2) is 5.65 Å². The first-order valence-corrected chi connectivity index (χ1v) is 4.15. The van der Waals surface area contributed by atoms with E-state index in [1.807, 2.05) is 12.1 Å². The molecule has 14 heavy (non-hydrogen) atoms.